The summed E-state index contributed by atoms with van der Waals surface area (Å²) in [6.07, 6.45) is 3.57. The van der Waals surface area contributed by atoms with Gasteiger partial charge in [-0.2, -0.15) is 0 Å². The maximum Gasteiger partial charge on any atom is 0.411 e. The van der Waals surface area contributed by atoms with Crippen LogP contribution in [0.15, 0.2) is 5.16 Å². The number of rotatable bonds is 4. The number of amidine groups is 1. The van der Waals surface area contributed by atoms with E-state index in [9.17, 15) is 4.79 Å². The maximum atomic E-state index is 12.3. The molecular weight excluding hydrogens is 246 g/mol. The van der Waals surface area contributed by atoms with Crippen molar-refractivity contribution >= 4 is 11.9 Å². The molecule has 19 heavy (non-hydrogen) atoms. The number of hydrogen-bond acceptors (Lipinski definition) is 4. The van der Waals surface area contributed by atoms with Gasteiger partial charge < -0.3 is 15.7 Å². The molecule has 0 aromatic rings. The van der Waals surface area contributed by atoms with Gasteiger partial charge in [-0.25, -0.2) is 4.79 Å². The fourth-order valence-electron chi connectivity index (χ4n) is 2.24. The molecule has 2 aliphatic rings. The third-order valence-corrected chi connectivity index (χ3v) is 3.33. The zero-order valence-corrected chi connectivity index (χ0v) is 11.8. The highest BCUT2D eigenvalue weighted by Crippen LogP contribution is 2.40. The van der Waals surface area contributed by atoms with Gasteiger partial charge in [-0.1, -0.05) is 5.16 Å². The Labute approximate surface area is 113 Å². The van der Waals surface area contributed by atoms with E-state index in [1.54, 1.807) is 4.90 Å². The van der Waals surface area contributed by atoms with E-state index in [1.807, 2.05) is 20.8 Å². The molecule has 0 aromatic heterocycles. The van der Waals surface area contributed by atoms with Crippen molar-refractivity contribution in [2.75, 3.05) is 0 Å². The van der Waals surface area contributed by atoms with E-state index in [1.165, 1.54) is 0 Å². The number of carbonyl (C=O) groups is 1. The molecule has 0 spiro atoms. The molecule has 0 radical (unpaired) electrons. The summed E-state index contributed by atoms with van der Waals surface area (Å²) in [5, 5.41) is 12.0. The molecule has 2 aliphatic carbocycles. The molecule has 6 nitrogen and oxygen atoms in total. The van der Waals surface area contributed by atoms with Crippen LogP contribution in [0.1, 0.15) is 46.5 Å². The van der Waals surface area contributed by atoms with Gasteiger partial charge in [0.1, 0.15) is 5.60 Å². The van der Waals surface area contributed by atoms with Crippen LogP contribution in [0.3, 0.4) is 0 Å². The molecule has 0 saturated heterocycles. The van der Waals surface area contributed by atoms with E-state index >= 15 is 0 Å². The molecule has 6 heteroatoms. The average Bonchev–Trinajstić information content (AvgIpc) is 3.12. The lowest BCUT2D eigenvalue weighted by molar-refractivity contribution is 0.0175. The van der Waals surface area contributed by atoms with Crippen LogP contribution in [0, 0.1) is 5.92 Å². The lowest BCUT2D eigenvalue weighted by Gasteiger charge is -2.33. The number of carbonyl (C=O) groups excluding carboxylic acids is 1. The first-order valence-electron chi connectivity index (χ1n) is 6.82. The van der Waals surface area contributed by atoms with Crippen LogP contribution in [0.5, 0.6) is 0 Å². The van der Waals surface area contributed by atoms with Crippen molar-refractivity contribution in [1.29, 1.82) is 0 Å². The Hall–Kier alpha value is -1.46. The smallest absolute Gasteiger partial charge is 0.411 e. The maximum absolute atomic E-state index is 12.3. The minimum atomic E-state index is -0.538. The van der Waals surface area contributed by atoms with Crippen LogP contribution in [0.4, 0.5) is 4.79 Å². The molecule has 0 bridgehead atoms. The first-order valence-corrected chi connectivity index (χ1v) is 6.82. The van der Waals surface area contributed by atoms with Crippen molar-refractivity contribution in [3.63, 3.8) is 0 Å². The van der Waals surface area contributed by atoms with Gasteiger partial charge in [0.25, 0.3) is 0 Å². The van der Waals surface area contributed by atoms with Gasteiger partial charge >= 0.3 is 6.09 Å². The Bertz CT molecular complexity index is 381. The average molecular weight is 269 g/mol. The van der Waals surface area contributed by atoms with Gasteiger partial charge in [0.15, 0.2) is 5.84 Å². The first-order chi connectivity index (χ1) is 8.83. The van der Waals surface area contributed by atoms with E-state index in [0.717, 1.165) is 25.7 Å². The Morgan fingerprint density at radius 2 is 1.95 bits per heavy atom. The largest absolute Gasteiger partial charge is 0.444 e. The second-order valence-corrected chi connectivity index (χ2v) is 6.43. The molecular formula is C13H23N3O3. The quantitative estimate of drug-likeness (QED) is 0.353. The van der Waals surface area contributed by atoms with Crippen molar-refractivity contribution in [1.82, 2.24) is 4.90 Å². The van der Waals surface area contributed by atoms with Crippen LogP contribution < -0.4 is 5.73 Å². The SMILES string of the molecule is CC(C)(C)OC(=O)N(C1CC1)[C@@H](C(N)=NO)C1CC1. The summed E-state index contributed by atoms with van der Waals surface area (Å²) in [4.78, 5) is 14.0. The van der Waals surface area contributed by atoms with Crippen LogP contribution in [-0.2, 0) is 4.74 Å². The summed E-state index contributed by atoms with van der Waals surface area (Å²) in [6, 6.07) is -0.159. The Balaban J connectivity index is 2.16. The molecule has 1 atom stereocenters. The van der Waals surface area contributed by atoms with Gasteiger partial charge in [-0.3, -0.25) is 4.90 Å². The molecule has 108 valence electrons. The highest BCUT2D eigenvalue weighted by atomic mass is 16.6. The standard InChI is InChI=1S/C13H23N3O3/c1-13(2,3)19-12(17)16(9-6-7-9)10(8-4-5-8)11(14)15-18/h8-10,18H,4-7H2,1-3H3,(H2,14,15)/t10-/m1/s1. The summed E-state index contributed by atoms with van der Waals surface area (Å²) in [6.45, 7) is 5.52. The lowest BCUT2D eigenvalue weighted by Crippen LogP contribution is -2.52. The van der Waals surface area contributed by atoms with Crippen molar-refractivity contribution < 1.29 is 14.7 Å². The van der Waals surface area contributed by atoms with E-state index in [2.05, 4.69) is 5.16 Å². The van der Waals surface area contributed by atoms with Gasteiger partial charge in [0, 0.05) is 6.04 Å². The van der Waals surface area contributed by atoms with Crippen molar-refractivity contribution in [2.45, 2.75) is 64.1 Å². The fraction of sp³-hybridized carbons (Fsp3) is 0.846. The molecule has 3 N–H and O–H groups in total. The summed E-state index contributed by atoms with van der Waals surface area (Å²) >= 11 is 0. The van der Waals surface area contributed by atoms with E-state index < -0.39 is 5.60 Å². The summed E-state index contributed by atoms with van der Waals surface area (Å²) in [7, 11) is 0. The van der Waals surface area contributed by atoms with Crippen LogP contribution in [-0.4, -0.2) is 39.7 Å². The van der Waals surface area contributed by atoms with Crippen molar-refractivity contribution in [3.8, 4) is 0 Å². The molecule has 2 saturated carbocycles. The third-order valence-electron chi connectivity index (χ3n) is 3.33. The zero-order chi connectivity index (χ0) is 14.2. The monoisotopic (exact) mass is 269 g/mol. The number of hydrogen-bond donors (Lipinski definition) is 2. The molecule has 2 rings (SSSR count). The number of amides is 1. The number of nitrogens with two attached hydrogens (primary N) is 1. The number of ether oxygens (including phenoxy) is 1. The number of oxime groups is 1. The summed E-state index contributed by atoms with van der Waals surface area (Å²) in [5.74, 6) is 0.407. The van der Waals surface area contributed by atoms with Crippen LogP contribution >= 0.6 is 0 Å². The normalized spacial score (nSPS) is 21.9. The van der Waals surface area contributed by atoms with Crippen LogP contribution in [0.2, 0.25) is 0 Å². The molecule has 0 heterocycles. The van der Waals surface area contributed by atoms with Crippen molar-refractivity contribution in [3.05, 3.63) is 0 Å². The molecule has 1 amide bonds. The van der Waals surface area contributed by atoms with Gasteiger partial charge in [0.05, 0.1) is 6.04 Å². The Morgan fingerprint density at radius 1 is 1.37 bits per heavy atom. The highest BCUT2D eigenvalue weighted by Gasteiger charge is 2.47. The summed E-state index contributed by atoms with van der Waals surface area (Å²) < 4.78 is 5.45. The van der Waals surface area contributed by atoms with Crippen LogP contribution in [0.25, 0.3) is 0 Å². The van der Waals surface area contributed by atoms with Gasteiger partial charge in [0.2, 0.25) is 0 Å². The molecule has 0 aromatic carbocycles. The lowest BCUT2D eigenvalue weighted by atomic mass is 10.1. The minimum Gasteiger partial charge on any atom is -0.444 e. The predicted octanol–water partition coefficient (Wildman–Crippen LogP) is 1.91. The van der Waals surface area contributed by atoms with Gasteiger partial charge in [-0.05, 0) is 52.4 Å². The molecule has 2 fully saturated rings. The van der Waals surface area contributed by atoms with E-state index in [-0.39, 0.29) is 24.0 Å². The third kappa shape index (κ3) is 3.52. The Kier molecular flexibility index (Phi) is 3.60. The van der Waals surface area contributed by atoms with E-state index in [4.69, 9.17) is 15.7 Å². The number of nitrogens with zero attached hydrogens (tertiary/aromatic N) is 2. The van der Waals surface area contributed by atoms with Gasteiger partial charge in [-0.15, -0.1) is 0 Å². The Morgan fingerprint density at radius 3 is 2.32 bits per heavy atom. The van der Waals surface area contributed by atoms with Crippen molar-refractivity contribution in [2.24, 2.45) is 16.8 Å². The second kappa shape index (κ2) is 4.90. The van der Waals surface area contributed by atoms with E-state index in [0.29, 0.717) is 5.92 Å². The second-order valence-electron chi connectivity index (χ2n) is 6.43. The first kappa shape index (κ1) is 14.0. The highest BCUT2D eigenvalue weighted by molar-refractivity contribution is 5.89. The zero-order valence-electron chi connectivity index (χ0n) is 11.8. The topological polar surface area (TPSA) is 88.2 Å². The predicted molar refractivity (Wildman–Crippen MR) is 71.0 cm³/mol. The summed E-state index contributed by atoms with van der Waals surface area (Å²) in [5.41, 5.74) is 5.24. The minimum absolute atomic E-state index is 0.111. The molecule has 0 aliphatic heterocycles. The fourth-order valence-corrected chi connectivity index (χ4v) is 2.24. The molecule has 0 unspecified atom stereocenters.